The number of benzene rings is 1. The molecule has 2 N–H and O–H groups in total. The second-order valence-corrected chi connectivity index (χ2v) is 5.30. The molecule has 0 saturated carbocycles. The predicted octanol–water partition coefficient (Wildman–Crippen LogP) is 2.48. The van der Waals surface area contributed by atoms with Gasteiger partial charge in [-0.1, -0.05) is 47.5 Å². The van der Waals surface area contributed by atoms with Gasteiger partial charge in [0, 0.05) is 9.89 Å². The summed E-state index contributed by atoms with van der Waals surface area (Å²) >= 11 is 3.38. The van der Waals surface area contributed by atoms with Crippen LogP contribution in [-0.4, -0.2) is 22.3 Å². The van der Waals surface area contributed by atoms with Gasteiger partial charge < -0.3 is 10.2 Å². The van der Waals surface area contributed by atoms with Crippen LogP contribution in [-0.2, 0) is 10.2 Å². The van der Waals surface area contributed by atoms with Crippen LogP contribution in [0.4, 0.5) is 0 Å². The molecule has 88 valence electrons. The number of aryl methyl sites for hydroxylation is 1. The molecule has 0 aromatic heterocycles. The van der Waals surface area contributed by atoms with Crippen LogP contribution in [0, 0.1) is 6.92 Å². The minimum absolute atomic E-state index is 0.794. The first-order valence-corrected chi connectivity index (χ1v) is 5.73. The Morgan fingerprint density at radius 2 is 2.00 bits per heavy atom. The fraction of sp³-hybridized carbons (Fsp3) is 0.417. The Bertz CT molecular complexity index is 413. The average molecular weight is 287 g/mol. The summed E-state index contributed by atoms with van der Waals surface area (Å²) in [5.74, 6) is -1.21. The molecular formula is C12H15BrO3. The Morgan fingerprint density at radius 1 is 1.44 bits per heavy atom. The van der Waals surface area contributed by atoms with E-state index >= 15 is 0 Å². The van der Waals surface area contributed by atoms with Crippen molar-refractivity contribution in [3.05, 3.63) is 33.8 Å². The second kappa shape index (κ2) is 4.55. The van der Waals surface area contributed by atoms with Gasteiger partial charge in [0.05, 0.1) is 0 Å². The number of halogens is 1. The van der Waals surface area contributed by atoms with Gasteiger partial charge in [0.2, 0.25) is 0 Å². The Kier molecular flexibility index (Phi) is 3.76. The van der Waals surface area contributed by atoms with Crippen LogP contribution in [0.25, 0.3) is 0 Å². The van der Waals surface area contributed by atoms with Crippen LogP contribution >= 0.6 is 15.9 Å². The van der Waals surface area contributed by atoms with Crippen LogP contribution in [0.15, 0.2) is 22.7 Å². The molecule has 0 bridgehead atoms. The standard InChI is InChI=1S/C12H15BrO3/c1-7-4-5-9(13)8(6-7)12(2,3)10(14)11(15)16/h4-6,10,14H,1-3H3,(H,15,16). The third kappa shape index (κ3) is 2.44. The number of aliphatic hydroxyl groups is 1. The van der Waals surface area contributed by atoms with Gasteiger partial charge in [-0.15, -0.1) is 0 Å². The first-order valence-electron chi connectivity index (χ1n) is 4.94. The molecule has 0 aliphatic rings. The monoisotopic (exact) mass is 286 g/mol. The fourth-order valence-corrected chi connectivity index (χ4v) is 2.35. The number of carboxylic acid groups (broad SMARTS) is 1. The highest BCUT2D eigenvalue weighted by Gasteiger charge is 2.36. The van der Waals surface area contributed by atoms with Crippen molar-refractivity contribution >= 4 is 21.9 Å². The molecule has 0 aliphatic heterocycles. The van der Waals surface area contributed by atoms with Crippen molar-refractivity contribution in [3.63, 3.8) is 0 Å². The maximum absolute atomic E-state index is 10.9. The Labute approximate surface area is 103 Å². The molecule has 1 rings (SSSR count). The van der Waals surface area contributed by atoms with Gasteiger partial charge in [-0.3, -0.25) is 0 Å². The maximum atomic E-state index is 10.9. The maximum Gasteiger partial charge on any atom is 0.333 e. The summed E-state index contributed by atoms with van der Waals surface area (Å²) in [6, 6.07) is 5.67. The van der Waals surface area contributed by atoms with Crippen LogP contribution in [0.3, 0.4) is 0 Å². The lowest BCUT2D eigenvalue weighted by atomic mass is 9.79. The lowest BCUT2D eigenvalue weighted by Crippen LogP contribution is -2.40. The third-order valence-electron chi connectivity index (χ3n) is 2.73. The van der Waals surface area contributed by atoms with Crippen molar-refractivity contribution in [2.45, 2.75) is 32.3 Å². The zero-order valence-electron chi connectivity index (χ0n) is 9.49. The first-order chi connectivity index (χ1) is 7.26. The number of aliphatic carboxylic acids is 1. The molecule has 0 radical (unpaired) electrons. The second-order valence-electron chi connectivity index (χ2n) is 4.45. The molecule has 0 fully saturated rings. The van der Waals surface area contributed by atoms with Gasteiger partial charge in [-0.25, -0.2) is 4.79 Å². The molecule has 1 unspecified atom stereocenters. The zero-order chi connectivity index (χ0) is 12.5. The first kappa shape index (κ1) is 13.2. The van der Waals surface area contributed by atoms with Crippen molar-refractivity contribution in [1.82, 2.24) is 0 Å². The molecular weight excluding hydrogens is 272 g/mol. The summed E-state index contributed by atoms with van der Waals surface area (Å²) in [7, 11) is 0. The van der Waals surface area contributed by atoms with Crippen LogP contribution in [0.5, 0.6) is 0 Å². The number of hydrogen-bond donors (Lipinski definition) is 2. The highest BCUT2D eigenvalue weighted by molar-refractivity contribution is 9.10. The summed E-state index contributed by atoms with van der Waals surface area (Å²) in [4.78, 5) is 10.9. The molecule has 0 spiro atoms. The highest BCUT2D eigenvalue weighted by atomic mass is 79.9. The van der Waals surface area contributed by atoms with E-state index < -0.39 is 17.5 Å². The van der Waals surface area contributed by atoms with Gasteiger partial charge >= 0.3 is 5.97 Å². The summed E-state index contributed by atoms with van der Waals surface area (Å²) < 4.78 is 0.809. The highest BCUT2D eigenvalue weighted by Crippen LogP contribution is 2.33. The number of hydrogen-bond acceptors (Lipinski definition) is 2. The van der Waals surface area contributed by atoms with Gasteiger partial charge in [0.25, 0.3) is 0 Å². The zero-order valence-corrected chi connectivity index (χ0v) is 11.1. The predicted molar refractivity (Wildman–Crippen MR) is 65.5 cm³/mol. The lowest BCUT2D eigenvalue weighted by molar-refractivity contribution is -0.150. The van der Waals surface area contributed by atoms with Crippen molar-refractivity contribution in [3.8, 4) is 0 Å². The van der Waals surface area contributed by atoms with Gasteiger partial charge in [0.1, 0.15) is 0 Å². The Hall–Kier alpha value is -0.870. The average Bonchev–Trinajstić information content (AvgIpc) is 2.20. The number of aliphatic hydroxyl groups excluding tert-OH is 1. The minimum atomic E-state index is -1.43. The van der Waals surface area contributed by atoms with E-state index in [4.69, 9.17) is 5.11 Å². The molecule has 3 nitrogen and oxygen atoms in total. The van der Waals surface area contributed by atoms with Crippen molar-refractivity contribution < 1.29 is 15.0 Å². The summed E-state index contributed by atoms with van der Waals surface area (Å²) in [6.07, 6.45) is -1.43. The van der Waals surface area contributed by atoms with Crippen LogP contribution < -0.4 is 0 Å². The molecule has 0 heterocycles. The topological polar surface area (TPSA) is 57.5 Å². The summed E-state index contributed by atoms with van der Waals surface area (Å²) in [5.41, 5.74) is 0.989. The van der Waals surface area contributed by atoms with Gasteiger partial charge in [0.15, 0.2) is 6.10 Å². The molecule has 1 aromatic rings. The van der Waals surface area contributed by atoms with E-state index in [9.17, 15) is 9.90 Å². The largest absolute Gasteiger partial charge is 0.479 e. The Balaban J connectivity index is 3.25. The Morgan fingerprint density at radius 3 is 2.50 bits per heavy atom. The van der Waals surface area contributed by atoms with Crippen LogP contribution in [0.1, 0.15) is 25.0 Å². The molecule has 16 heavy (non-hydrogen) atoms. The summed E-state index contributed by atoms with van der Waals surface area (Å²) in [6.45, 7) is 5.36. The van der Waals surface area contributed by atoms with E-state index in [1.54, 1.807) is 13.8 Å². The van der Waals surface area contributed by atoms with Crippen molar-refractivity contribution in [2.75, 3.05) is 0 Å². The molecule has 1 aromatic carbocycles. The van der Waals surface area contributed by atoms with E-state index in [0.717, 1.165) is 15.6 Å². The third-order valence-corrected chi connectivity index (χ3v) is 3.43. The van der Waals surface area contributed by atoms with E-state index in [-0.39, 0.29) is 0 Å². The molecule has 0 saturated heterocycles. The fourth-order valence-electron chi connectivity index (χ4n) is 1.59. The number of rotatable bonds is 3. The minimum Gasteiger partial charge on any atom is -0.479 e. The quantitative estimate of drug-likeness (QED) is 0.898. The van der Waals surface area contributed by atoms with E-state index in [2.05, 4.69) is 15.9 Å². The van der Waals surface area contributed by atoms with Crippen molar-refractivity contribution in [2.24, 2.45) is 0 Å². The number of carboxylic acids is 1. The van der Waals surface area contributed by atoms with Gasteiger partial charge in [-0.2, -0.15) is 0 Å². The smallest absolute Gasteiger partial charge is 0.333 e. The molecule has 1 atom stereocenters. The van der Waals surface area contributed by atoms with E-state index in [1.165, 1.54) is 0 Å². The molecule has 0 amide bonds. The summed E-state index contributed by atoms with van der Waals surface area (Å²) in [5, 5.41) is 18.6. The SMILES string of the molecule is Cc1ccc(Br)c(C(C)(C)C(O)C(=O)O)c1. The molecule has 0 aliphatic carbocycles. The van der Waals surface area contributed by atoms with Crippen molar-refractivity contribution in [1.29, 1.82) is 0 Å². The lowest BCUT2D eigenvalue weighted by Gasteiger charge is -2.29. The normalized spacial score (nSPS) is 13.6. The van der Waals surface area contributed by atoms with E-state index in [1.807, 2.05) is 25.1 Å². The van der Waals surface area contributed by atoms with E-state index in [0.29, 0.717) is 0 Å². The van der Waals surface area contributed by atoms with Crippen LogP contribution in [0.2, 0.25) is 0 Å². The molecule has 4 heteroatoms. The number of carbonyl (C=O) groups is 1. The van der Waals surface area contributed by atoms with Gasteiger partial charge in [-0.05, 0) is 18.6 Å².